The monoisotopic (exact) mass is 408 g/mol. The molecule has 1 fully saturated rings. The van der Waals surface area contributed by atoms with Crippen LogP contribution in [-0.4, -0.2) is 28.7 Å². The van der Waals surface area contributed by atoms with Crippen molar-refractivity contribution in [1.29, 1.82) is 0 Å². The smallest absolute Gasteiger partial charge is 0.354 e. The van der Waals surface area contributed by atoms with Crippen LogP contribution in [-0.2, 0) is 0 Å². The van der Waals surface area contributed by atoms with Gasteiger partial charge in [-0.3, -0.25) is 0 Å². The van der Waals surface area contributed by atoms with E-state index >= 15 is 0 Å². The van der Waals surface area contributed by atoms with E-state index in [-0.39, 0.29) is 16.8 Å². The van der Waals surface area contributed by atoms with Crippen molar-refractivity contribution in [2.75, 3.05) is 18.0 Å². The highest BCUT2D eigenvalue weighted by Crippen LogP contribution is 2.41. The van der Waals surface area contributed by atoms with E-state index in [9.17, 15) is 14.3 Å². The summed E-state index contributed by atoms with van der Waals surface area (Å²) in [6.45, 7) is 1.51. The number of hydrogen-bond donors (Lipinski definition) is 1. The van der Waals surface area contributed by atoms with Crippen molar-refractivity contribution >= 4 is 45.8 Å². The number of hydrogen-bond acceptors (Lipinski definition) is 2. The second kappa shape index (κ2) is 7.21. The Labute approximate surface area is 166 Å². The average Bonchev–Trinajstić information content (AvgIpc) is 2.97. The molecule has 1 aromatic carbocycles. The third-order valence-electron chi connectivity index (χ3n) is 5.23. The lowest BCUT2D eigenvalue weighted by molar-refractivity contribution is 0.0685. The van der Waals surface area contributed by atoms with Gasteiger partial charge in [0.25, 0.3) is 0 Å². The first-order valence-electron chi connectivity index (χ1n) is 9.02. The van der Waals surface area contributed by atoms with E-state index in [1.807, 2.05) is 12.2 Å². The van der Waals surface area contributed by atoms with E-state index in [4.69, 9.17) is 23.2 Å². The van der Waals surface area contributed by atoms with Gasteiger partial charge < -0.3 is 14.6 Å². The number of aromatic carboxylic acids is 1. The maximum Gasteiger partial charge on any atom is 0.354 e. The number of carbonyl (C=O) groups is 1. The number of aromatic nitrogens is 1. The van der Waals surface area contributed by atoms with Crippen LogP contribution in [0.3, 0.4) is 0 Å². The van der Waals surface area contributed by atoms with Gasteiger partial charge in [0.2, 0.25) is 0 Å². The van der Waals surface area contributed by atoms with E-state index in [2.05, 4.69) is 4.90 Å². The van der Waals surface area contributed by atoms with E-state index in [1.165, 1.54) is 12.1 Å². The SMILES string of the molecule is O=C(O)c1c(N2CCCCC2)c2cc(F)c(Cl)cc2n1C1C=C(Cl)C=CC1. The van der Waals surface area contributed by atoms with Gasteiger partial charge in [0, 0.05) is 23.5 Å². The summed E-state index contributed by atoms with van der Waals surface area (Å²) in [5.41, 5.74) is 1.35. The lowest BCUT2D eigenvalue weighted by Crippen LogP contribution is -2.31. The summed E-state index contributed by atoms with van der Waals surface area (Å²) in [6.07, 6.45) is 9.22. The van der Waals surface area contributed by atoms with Crippen LogP contribution in [0, 0.1) is 5.82 Å². The molecule has 1 saturated heterocycles. The average molecular weight is 409 g/mol. The van der Waals surface area contributed by atoms with Gasteiger partial charge in [0.05, 0.1) is 22.3 Å². The Bertz CT molecular complexity index is 974. The van der Waals surface area contributed by atoms with Crippen LogP contribution >= 0.6 is 23.2 Å². The summed E-state index contributed by atoms with van der Waals surface area (Å²) in [7, 11) is 0. The zero-order valence-corrected chi connectivity index (χ0v) is 16.1. The molecule has 2 heterocycles. The quantitative estimate of drug-likeness (QED) is 0.703. The first-order chi connectivity index (χ1) is 13.0. The van der Waals surface area contributed by atoms with Crippen LogP contribution in [0.1, 0.15) is 42.2 Å². The van der Waals surface area contributed by atoms with Gasteiger partial charge in [-0.25, -0.2) is 9.18 Å². The molecule has 1 aliphatic heterocycles. The number of rotatable bonds is 3. The van der Waals surface area contributed by atoms with Crippen LogP contribution in [0.5, 0.6) is 0 Å². The number of anilines is 1. The van der Waals surface area contributed by atoms with E-state index in [1.54, 1.807) is 10.6 Å². The van der Waals surface area contributed by atoms with Gasteiger partial charge in [-0.2, -0.15) is 0 Å². The molecule has 1 unspecified atom stereocenters. The van der Waals surface area contributed by atoms with Crippen molar-refractivity contribution in [1.82, 2.24) is 4.57 Å². The van der Waals surface area contributed by atoms with Gasteiger partial charge in [-0.15, -0.1) is 0 Å². The van der Waals surface area contributed by atoms with Crippen molar-refractivity contribution in [3.8, 4) is 0 Å². The molecule has 4 rings (SSSR count). The fourth-order valence-electron chi connectivity index (χ4n) is 4.08. The third-order valence-corrected chi connectivity index (χ3v) is 5.77. The topological polar surface area (TPSA) is 45.5 Å². The van der Waals surface area contributed by atoms with E-state index in [0.717, 1.165) is 32.4 Å². The Kier molecular flexibility index (Phi) is 4.91. The molecule has 7 heteroatoms. The molecule has 0 saturated carbocycles. The molecule has 2 aromatic rings. The predicted molar refractivity (Wildman–Crippen MR) is 107 cm³/mol. The molecule has 0 amide bonds. The third kappa shape index (κ3) is 3.23. The number of piperidine rings is 1. The normalized spacial score (nSPS) is 20.2. The number of nitrogens with zero attached hydrogens (tertiary/aromatic N) is 2. The molecular formula is C20H19Cl2FN2O2. The van der Waals surface area contributed by atoms with Crippen molar-refractivity contribution in [2.24, 2.45) is 0 Å². The molecule has 1 aromatic heterocycles. The van der Waals surface area contributed by atoms with Gasteiger partial charge in [-0.1, -0.05) is 29.3 Å². The Balaban J connectivity index is 2.03. The van der Waals surface area contributed by atoms with Crippen LogP contribution < -0.4 is 4.90 Å². The minimum absolute atomic E-state index is 0.0233. The zero-order chi connectivity index (χ0) is 19.1. The van der Waals surface area contributed by atoms with Gasteiger partial charge in [0.15, 0.2) is 5.69 Å². The van der Waals surface area contributed by atoms with Crippen LogP contribution in [0.4, 0.5) is 10.1 Å². The summed E-state index contributed by atoms with van der Waals surface area (Å²) in [6, 6.07) is 2.61. The highest BCUT2D eigenvalue weighted by atomic mass is 35.5. The summed E-state index contributed by atoms with van der Waals surface area (Å²) < 4.78 is 16.0. The second-order valence-corrected chi connectivity index (χ2v) is 7.80. The minimum Gasteiger partial charge on any atom is -0.477 e. The Hall–Kier alpha value is -1.98. The number of fused-ring (bicyclic) bond motifs is 1. The number of carboxylic acid groups (broad SMARTS) is 1. The van der Waals surface area contributed by atoms with E-state index < -0.39 is 11.8 Å². The second-order valence-electron chi connectivity index (χ2n) is 6.96. The fraction of sp³-hybridized carbons (Fsp3) is 0.350. The molecule has 0 radical (unpaired) electrons. The van der Waals surface area contributed by atoms with Gasteiger partial charge in [0.1, 0.15) is 5.82 Å². The molecular weight excluding hydrogens is 390 g/mol. The Morgan fingerprint density at radius 2 is 1.93 bits per heavy atom. The minimum atomic E-state index is -1.04. The fourth-order valence-corrected chi connectivity index (χ4v) is 4.47. The van der Waals surface area contributed by atoms with Crippen molar-refractivity contribution < 1.29 is 14.3 Å². The van der Waals surface area contributed by atoms with Crippen molar-refractivity contribution in [2.45, 2.75) is 31.7 Å². The summed E-state index contributed by atoms with van der Waals surface area (Å²) in [5, 5.41) is 11.2. The summed E-state index contributed by atoms with van der Waals surface area (Å²) in [5.74, 6) is -1.59. The molecule has 2 aliphatic rings. The first-order valence-corrected chi connectivity index (χ1v) is 9.78. The number of carboxylic acids is 1. The maximum atomic E-state index is 14.3. The molecule has 27 heavy (non-hydrogen) atoms. The van der Waals surface area contributed by atoms with Crippen LogP contribution in [0.25, 0.3) is 10.9 Å². The predicted octanol–water partition coefficient (Wildman–Crippen LogP) is 5.75. The maximum absolute atomic E-state index is 14.3. The van der Waals surface area contributed by atoms with Crippen molar-refractivity contribution in [3.63, 3.8) is 0 Å². The standard InChI is InChI=1S/C20H19Cl2FN2O2/c21-12-5-4-6-13(9-12)25-17-11-15(22)16(23)10-14(17)18(19(25)20(26)27)24-7-2-1-3-8-24/h4-5,9-11,13H,1-3,6-8H2,(H,26,27). The van der Waals surface area contributed by atoms with Gasteiger partial charge in [-0.05, 0) is 50.0 Å². The largest absolute Gasteiger partial charge is 0.477 e. The lowest BCUT2D eigenvalue weighted by Gasteiger charge is -2.29. The Morgan fingerprint density at radius 1 is 1.19 bits per heavy atom. The molecule has 1 N–H and O–H groups in total. The van der Waals surface area contributed by atoms with E-state index in [0.29, 0.717) is 28.0 Å². The number of benzene rings is 1. The highest BCUT2D eigenvalue weighted by Gasteiger charge is 2.30. The Morgan fingerprint density at radius 3 is 2.59 bits per heavy atom. The molecule has 0 bridgehead atoms. The zero-order valence-electron chi connectivity index (χ0n) is 14.6. The molecule has 0 spiro atoms. The number of halogens is 3. The molecule has 1 atom stereocenters. The number of allylic oxidation sites excluding steroid dienone is 4. The lowest BCUT2D eigenvalue weighted by atomic mass is 10.1. The highest BCUT2D eigenvalue weighted by molar-refractivity contribution is 6.32. The van der Waals surface area contributed by atoms with Crippen LogP contribution in [0.2, 0.25) is 5.02 Å². The molecule has 4 nitrogen and oxygen atoms in total. The van der Waals surface area contributed by atoms with Crippen LogP contribution in [0.15, 0.2) is 35.4 Å². The van der Waals surface area contributed by atoms with Crippen molar-refractivity contribution in [3.05, 3.63) is 51.9 Å². The van der Waals surface area contributed by atoms with Gasteiger partial charge >= 0.3 is 5.97 Å². The first kappa shape index (κ1) is 18.4. The summed E-state index contributed by atoms with van der Waals surface area (Å²) >= 11 is 12.2. The molecule has 142 valence electrons. The molecule has 1 aliphatic carbocycles. The summed E-state index contributed by atoms with van der Waals surface area (Å²) in [4.78, 5) is 14.4.